The van der Waals surface area contributed by atoms with Crippen LogP contribution in [0.3, 0.4) is 0 Å². The van der Waals surface area contributed by atoms with Crippen molar-refractivity contribution in [1.82, 2.24) is 0 Å². The molecule has 1 aromatic rings. The first-order valence-electron chi connectivity index (χ1n) is 3.30. The molecule has 0 bridgehead atoms. The summed E-state index contributed by atoms with van der Waals surface area (Å²) in [5.41, 5.74) is 0.705. The van der Waals surface area contributed by atoms with Crippen molar-refractivity contribution in [3.63, 3.8) is 0 Å². The molecule has 0 N–H and O–H groups in total. The number of carbonyl (C=O) groups excluding carboxylic acids is 1. The van der Waals surface area contributed by atoms with Gasteiger partial charge in [-0.1, -0.05) is 17.7 Å². The monoisotopic (exact) mass is 256 g/mol. The zero-order valence-electron chi connectivity index (χ0n) is 6.23. The molecular weight excluding hydrogens is 254 g/mol. The molecule has 0 fully saturated rings. The van der Waals surface area contributed by atoms with Crippen LogP contribution in [-0.2, 0) is 0 Å². The first-order chi connectivity index (χ1) is 6.02. The molecular formula is C8H4Cl4O. The quantitative estimate of drug-likeness (QED) is 0.574. The molecule has 5 heteroatoms. The molecule has 0 aliphatic heterocycles. The predicted molar refractivity (Wildman–Crippen MR) is 56.1 cm³/mol. The van der Waals surface area contributed by atoms with Crippen LogP contribution in [0.1, 0.15) is 20.8 Å². The molecule has 0 saturated carbocycles. The van der Waals surface area contributed by atoms with E-state index in [1.807, 2.05) is 0 Å². The molecule has 0 amide bonds. The second kappa shape index (κ2) is 4.52. The van der Waals surface area contributed by atoms with Crippen molar-refractivity contribution in [3.05, 3.63) is 34.3 Å². The van der Waals surface area contributed by atoms with E-state index in [9.17, 15) is 4.79 Å². The summed E-state index contributed by atoms with van der Waals surface area (Å²) >= 11 is 22.2. The Morgan fingerprint density at radius 2 is 1.92 bits per heavy atom. The number of hydrogen-bond acceptors (Lipinski definition) is 1. The highest BCUT2D eigenvalue weighted by Gasteiger charge is 2.14. The number of halogens is 4. The fraction of sp³-hybridized carbons (Fsp3) is 0.125. The van der Waals surface area contributed by atoms with Gasteiger partial charge in [0.1, 0.15) is 4.84 Å². The third kappa shape index (κ3) is 2.75. The van der Waals surface area contributed by atoms with E-state index in [1.54, 1.807) is 12.1 Å². The van der Waals surface area contributed by atoms with Crippen LogP contribution in [0, 0.1) is 0 Å². The van der Waals surface area contributed by atoms with E-state index in [0.717, 1.165) is 0 Å². The van der Waals surface area contributed by atoms with Gasteiger partial charge < -0.3 is 0 Å². The maximum atomic E-state index is 10.9. The molecule has 0 heterocycles. The Bertz CT molecular complexity index is 335. The molecule has 0 atom stereocenters. The number of rotatable bonds is 2. The van der Waals surface area contributed by atoms with Crippen LogP contribution in [0.5, 0.6) is 0 Å². The van der Waals surface area contributed by atoms with E-state index >= 15 is 0 Å². The highest BCUT2D eigenvalue weighted by Crippen LogP contribution is 2.30. The van der Waals surface area contributed by atoms with Crippen LogP contribution in [0.25, 0.3) is 0 Å². The van der Waals surface area contributed by atoms with E-state index in [-0.39, 0.29) is 5.56 Å². The van der Waals surface area contributed by atoms with Gasteiger partial charge in [0.2, 0.25) is 0 Å². The molecule has 0 spiro atoms. The second-order valence-electron chi connectivity index (χ2n) is 2.31. The lowest BCUT2D eigenvalue weighted by Gasteiger charge is -2.06. The predicted octanol–water partition coefficient (Wildman–Crippen LogP) is 4.20. The van der Waals surface area contributed by atoms with Gasteiger partial charge in [0.25, 0.3) is 5.24 Å². The highest BCUT2D eigenvalue weighted by molar-refractivity contribution is 6.68. The minimum atomic E-state index is -0.782. The van der Waals surface area contributed by atoms with E-state index < -0.39 is 10.1 Å². The standard InChI is InChI=1S/C8H4Cl4O/c9-4-1-2-5(7(10)11)6(3-4)8(12)13/h1-3,7H. The minimum absolute atomic E-state index is 0.240. The van der Waals surface area contributed by atoms with E-state index in [4.69, 9.17) is 46.4 Å². The molecule has 0 unspecified atom stereocenters. The van der Waals surface area contributed by atoms with Crippen molar-refractivity contribution < 1.29 is 4.79 Å². The molecule has 1 rings (SSSR count). The van der Waals surface area contributed by atoms with Gasteiger partial charge in [-0.2, -0.15) is 0 Å². The third-order valence-corrected chi connectivity index (χ3v) is 2.37. The normalized spacial score (nSPS) is 10.5. The molecule has 0 saturated heterocycles. The van der Waals surface area contributed by atoms with Crippen LogP contribution in [-0.4, -0.2) is 5.24 Å². The average molecular weight is 258 g/mol. The SMILES string of the molecule is O=C(Cl)c1cc(Cl)ccc1C(Cl)Cl. The Morgan fingerprint density at radius 1 is 1.31 bits per heavy atom. The Balaban J connectivity index is 3.27. The molecule has 0 aromatic heterocycles. The smallest absolute Gasteiger partial charge is 0.252 e. The first kappa shape index (κ1) is 11.1. The number of alkyl halides is 2. The van der Waals surface area contributed by atoms with Crippen LogP contribution >= 0.6 is 46.4 Å². The summed E-state index contributed by atoms with van der Waals surface area (Å²) in [5, 5.41) is -0.203. The minimum Gasteiger partial charge on any atom is -0.276 e. The lowest BCUT2D eigenvalue weighted by Crippen LogP contribution is -1.96. The van der Waals surface area contributed by atoms with Crippen LogP contribution < -0.4 is 0 Å². The molecule has 0 aliphatic rings. The van der Waals surface area contributed by atoms with E-state index in [2.05, 4.69) is 0 Å². The summed E-state index contributed by atoms with van der Waals surface area (Å²) in [6, 6.07) is 4.60. The maximum Gasteiger partial charge on any atom is 0.252 e. The van der Waals surface area contributed by atoms with Crippen LogP contribution in [0.4, 0.5) is 0 Å². The van der Waals surface area contributed by atoms with E-state index in [1.165, 1.54) is 6.07 Å². The van der Waals surface area contributed by atoms with Crippen molar-refractivity contribution in [3.8, 4) is 0 Å². The number of carbonyl (C=O) groups is 1. The van der Waals surface area contributed by atoms with Gasteiger partial charge in [0.05, 0.1) is 0 Å². The summed E-state index contributed by atoms with van der Waals surface area (Å²) in [4.78, 5) is 10.1. The molecule has 0 radical (unpaired) electrons. The molecule has 1 aromatic carbocycles. The Kier molecular flexibility index (Phi) is 3.87. The summed E-state index contributed by atoms with van der Waals surface area (Å²) in [6.45, 7) is 0. The fourth-order valence-corrected chi connectivity index (χ4v) is 1.61. The lowest BCUT2D eigenvalue weighted by atomic mass is 10.1. The van der Waals surface area contributed by atoms with Gasteiger partial charge in [-0.05, 0) is 29.3 Å². The lowest BCUT2D eigenvalue weighted by molar-refractivity contribution is 0.108. The summed E-state index contributed by atoms with van der Waals surface area (Å²) in [5.74, 6) is 0. The van der Waals surface area contributed by atoms with Crippen LogP contribution in [0.15, 0.2) is 18.2 Å². The first-order valence-corrected chi connectivity index (χ1v) is 4.92. The summed E-state index contributed by atoms with van der Waals surface area (Å²) in [7, 11) is 0. The Labute approximate surface area is 95.5 Å². The van der Waals surface area contributed by atoms with Gasteiger partial charge in [0, 0.05) is 10.6 Å². The maximum absolute atomic E-state index is 10.9. The fourth-order valence-electron chi connectivity index (χ4n) is 0.889. The molecule has 13 heavy (non-hydrogen) atoms. The van der Waals surface area contributed by atoms with Gasteiger partial charge in [-0.3, -0.25) is 4.79 Å². The van der Waals surface area contributed by atoms with Crippen molar-refractivity contribution >= 4 is 51.6 Å². The highest BCUT2D eigenvalue weighted by atomic mass is 35.5. The van der Waals surface area contributed by atoms with Crippen molar-refractivity contribution in [2.24, 2.45) is 0 Å². The van der Waals surface area contributed by atoms with E-state index in [0.29, 0.717) is 10.6 Å². The average Bonchev–Trinajstić information content (AvgIpc) is 2.03. The zero-order valence-corrected chi connectivity index (χ0v) is 9.25. The Morgan fingerprint density at radius 3 is 2.38 bits per heavy atom. The number of benzene rings is 1. The molecule has 0 aliphatic carbocycles. The third-order valence-electron chi connectivity index (χ3n) is 1.46. The van der Waals surface area contributed by atoms with Gasteiger partial charge in [-0.15, -0.1) is 23.2 Å². The van der Waals surface area contributed by atoms with Crippen LogP contribution in [0.2, 0.25) is 5.02 Å². The number of hydrogen-bond donors (Lipinski definition) is 0. The zero-order chi connectivity index (χ0) is 10.0. The molecule has 1 nitrogen and oxygen atoms in total. The van der Waals surface area contributed by atoms with Gasteiger partial charge >= 0.3 is 0 Å². The molecule has 70 valence electrons. The van der Waals surface area contributed by atoms with Crippen molar-refractivity contribution in [1.29, 1.82) is 0 Å². The van der Waals surface area contributed by atoms with Gasteiger partial charge in [0.15, 0.2) is 0 Å². The summed E-state index contributed by atoms with van der Waals surface area (Å²) in [6.07, 6.45) is 0. The van der Waals surface area contributed by atoms with Crippen molar-refractivity contribution in [2.75, 3.05) is 0 Å². The summed E-state index contributed by atoms with van der Waals surface area (Å²) < 4.78 is 0. The largest absolute Gasteiger partial charge is 0.276 e. The topological polar surface area (TPSA) is 17.1 Å². The van der Waals surface area contributed by atoms with Crippen molar-refractivity contribution in [2.45, 2.75) is 4.84 Å². The van der Waals surface area contributed by atoms with Gasteiger partial charge in [-0.25, -0.2) is 0 Å². The second-order valence-corrected chi connectivity index (χ2v) is 4.18. The Hall–Kier alpha value is 0.0500.